The van der Waals surface area contributed by atoms with Gasteiger partial charge in [-0.15, -0.1) is 11.3 Å². The third kappa shape index (κ3) is 3.12. The number of rotatable bonds is 2. The Morgan fingerprint density at radius 3 is 2.67 bits per heavy atom. The standard InChI is InChI=1S/C15H25NOS/c1-10-6-5-7-11(8-10)13(17)12-9-18-14(16-12)15(2,3)4/h9-11,13,17H,5-8H2,1-4H3. The summed E-state index contributed by atoms with van der Waals surface area (Å²) in [5.41, 5.74) is 0.978. The maximum Gasteiger partial charge on any atom is 0.0996 e. The Kier molecular flexibility index (Phi) is 4.12. The van der Waals surface area contributed by atoms with Gasteiger partial charge >= 0.3 is 0 Å². The minimum atomic E-state index is -0.361. The van der Waals surface area contributed by atoms with Crippen molar-refractivity contribution in [1.29, 1.82) is 0 Å². The number of aliphatic hydroxyl groups is 1. The van der Waals surface area contributed by atoms with Gasteiger partial charge in [-0.3, -0.25) is 0 Å². The van der Waals surface area contributed by atoms with Gasteiger partial charge in [0.2, 0.25) is 0 Å². The molecule has 0 amide bonds. The molecule has 1 saturated carbocycles. The molecule has 102 valence electrons. The minimum absolute atomic E-state index is 0.0858. The van der Waals surface area contributed by atoms with Crippen molar-refractivity contribution in [3.8, 4) is 0 Å². The van der Waals surface area contributed by atoms with Crippen LogP contribution in [0, 0.1) is 11.8 Å². The molecule has 3 heteroatoms. The SMILES string of the molecule is CC1CCCC(C(O)c2csc(C(C)(C)C)n2)C1. The summed E-state index contributed by atoms with van der Waals surface area (Å²) < 4.78 is 0. The second-order valence-corrected chi connectivity index (χ2v) is 7.66. The Bertz CT molecular complexity index is 393. The largest absolute Gasteiger partial charge is 0.386 e. The summed E-state index contributed by atoms with van der Waals surface area (Å²) in [5.74, 6) is 1.16. The highest BCUT2D eigenvalue weighted by molar-refractivity contribution is 7.09. The zero-order chi connectivity index (χ0) is 13.3. The fraction of sp³-hybridized carbons (Fsp3) is 0.800. The van der Waals surface area contributed by atoms with E-state index in [-0.39, 0.29) is 11.5 Å². The summed E-state index contributed by atoms with van der Waals surface area (Å²) in [6.45, 7) is 8.81. The van der Waals surface area contributed by atoms with Gasteiger partial charge in [-0.25, -0.2) is 4.98 Å². The molecule has 1 aromatic rings. The fourth-order valence-corrected chi connectivity index (χ4v) is 3.71. The zero-order valence-corrected chi connectivity index (χ0v) is 12.8. The summed E-state index contributed by atoms with van der Waals surface area (Å²) >= 11 is 1.68. The van der Waals surface area contributed by atoms with Crippen molar-refractivity contribution in [3.05, 3.63) is 16.1 Å². The first kappa shape index (κ1) is 14.0. The van der Waals surface area contributed by atoms with Gasteiger partial charge in [0, 0.05) is 10.8 Å². The van der Waals surface area contributed by atoms with Crippen LogP contribution in [0.15, 0.2) is 5.38 Å². The van der Waals surface area contributed by atoms with Crippen LogP contribution >= 0.6 is 11.3 Å². The summed E-state index contributed by atoms with van der Waals surface area (Å²) in [6, 6.07) is 0. The molecule has 1 N–H and O–H groups in total. The van der Waals surface area contributed by atoms with Gasteiger partial charge in [-0.1, -0.05) is 40.5 Å². The van der Waals surface area contributed by atoms with Gasteiger partial charge in [0.1, 0.15) is 0 Å². The molecule has 1 heterocycles. The predicted molar refractivity (Wildman–Crippen MR) is 76.9 cm³/mol. The molecule has 3 unspecified atom stereocenters. The Balaban J connectivity index is 2.09. The first-order chi connectivity index (χ1) is 8.38. The van der Waals surface area contributed by atoms with Crippen molar-refractivity contribution in [1.82, 2.24) is 4.98 Å². The fourth-order valence-electron chi connectivity index (χ4n) is 2.78. The van der Waals surface area contributed by atoms with Crippen LogP contribution in [0.5, 0.6) is 0 Å². The van der Waals surface area contributed by atoms with E-state index in [1.807, 2.05) is 5.38 Å². The highest BCUT2D eigenvalue weighted by Gasteiger charge is 2.29. The second-order valence-electron chi connectivity index (χ2n) is 6.80. The normalized spacial score (nSPS) is 27.2. The Morgan fingerprint density at radius 2 is 2.11 bits per heavy atom. The molecular weight excluding hydrogens is 242 g/mol. The average Bonchev–Trinajstić information content (AvgIpc) is 2.77. The van der Waals surface area contributed by atoms with Crippen LogP contribution < -0.4 is 0 Å². The van der Waals surface area contributed by atoms with Crippen LogP contribution in [-0.2, 0) is 5.41 Å². The molecule has 2 nitrogen and oxygen atoms in total. The van der Waals surface area contributed by atoms with Gasteiger partial charge < -0.3 is 5.11 Å². The van der Waals surface area contributed by atoms with Crippen molar-refractivity contribution in [2.24, 2.45) is 11.8 Å². The molecule has 1 aromatic heterocycles. The van der Waals surface area contributed by atoms with Crippen LogP contribution in [0.1, 0.15) is 70.2 Å². The smallest absolute Gasteiger partial charge is 0.0996 e. The van der Waals surface area contributed by atoms with E-state index in [9.17, 15) is 5.11 Å². The minimum Gasteiger partial charge on any atom is -0.386 e. The Hall–Kier alpha value is -0.410. The number of nitrogens with zero attached hydrogens (tertiary/aromatic N) is 1. The van der Waals surface area contributed by atoms with Crippen LogP contribution in [0.3, 0.4) is 0 Å². The molecule has 0 aliphatic heterocycles. The van der Waals surface area contributed by atoms with Gasteiger partial charge in [-0.2, -0.15) is 0 Å². The molecule has 0 saturated heterocycles. The molecule has 18 heavy (non-hydrogen) atoms. The number of aromatic nitrogens is 1. The van der Waals surface area contributed by atoms with Crippen molar-refractivity contribution in [3.63, 3.8) is 0 Å². The maximum absolute atomic E-state index is 10.5. The van der Waals surface area contributed by atoms with Crippen LogP contribution in [-0.4, -0.2) is 10.1 Å². The van der Waals surface area contributed by atoms with Gasteiger partial charge in [0.15, 0.2) is 0 Å². The van der Waals surface area contributed by atoms with Crippen molar-refractivity contribution >= 4 is 11.3 Å². The van der Waals surface area contributed by atoms with E-state index in [1.165, 1.54) is 12.8 Å². The van der Waals surface area contributed by atoms with Crippen molar-refractivity contribution in [2.45, 2.75) is 64.9 Å². The molecule has 1 aliphatic carbocycles. The van der Waals surface area contributed by atoms with Gasteiger partial charge in [-0.05, 0) is 24.7 Å². The van der Waals surface area contributed by atoms with E-state index in [1.54, 1.807) is 11.3 Å². The van der Waals surface area contributed by atoms with E-state index >= 15 is 0 Å². The molecule has 1 aliphatic rings. The highest BCUT2D eigenvalue weighted by Crippen LogP contribution is 2.38. The Labute approximate surface area is 114 Å². The number of hydrogen-bond acceptors (Lipinski definition) is 3. The topological polar surface area (TPSA) is 33.1 Å². The van der Waals surface area contributed by atoms with Gasteiger partial charge in [0.25, 0.3) is 0 Å². The van der Waals surface area contributed by atoms with Crippen molar-refractivity contribution < 1.29 is 5.11 Å². The number of hydrogen-bond donors (Lipinski definition) is 1. The molecule has 1 fully saturated rings. The maximum atomic E-state index is 10.5. The highest BCUT2D eigenvalue weighted by atomic mass is 32.1. The lowest BCUT2D eigenvalue weighted by Crippen LogP contribution is -2.20. The van der Waals surface area contributed by atoms with E-state index in [0.717, 1.165) is 29.5 Å². The molecular formula is C15H25NOS. The molecule has 3 atom stereocenters. The third-order valence-corrected chi connectivity index (χ3v) is 5.18. The van der Waals surface area contributed by atoms with E-state index in [2.05, 4.69) is 32.7 Å². The lowest BCUT2D eigenvalue weighted by atomic mass is 9.79. The molecule has 0 spiro atoms. The van der Waals surface area contributed by atoms with E-state index in [0.29, 0.717) is 5.92 Å². The second kappa shape index (κ2) is 5.30. The zero-order valence-electron chi connectivity index (χ0n) is 11.9. The molecule has 0 bridgehead atoms. The van der Waals surface area contributed by atoms with E-state index < -0.39 is 0 Å². The summed E-state index contributed by atoms with van der Waals surface area (Å²) in [7, 11) is 0. The Morgan fingerprint density at radius 1 is 1.39 bits per heavy atom. The van der Waals surface area contributed by atoms with Crippen LogP contribution in [0.4, 0.5) is 0 Å². The first-order valence-corrected chi connectivity index (χ1v) is 7.90. The van der Waals surface area contributed by atoms with Crippen LogP contribution in [0.2, 0.25) is 0 Å². The summed E-state index contributed by atoms with van der Waals surface area (Å²) in [4.78, 5) is 4.65. The third-order valence-electron chi connectivity index (χ3n) is 3.89. The molecule has 2 rings (SSSR count). The first-order valence-electron chi connectivity index (χ1n) is 7.02. The average molecular weight is 267 g/mol. The van der Waals surface area contributed by atoms with Crippen molar-refractivity contribution in [2.75, 3.05) is 0 Å². The molecule has 0 aromatic carbocycles. The number of aliphatic hydroxyl groups excluding tert-OH is 1. The number of thiazole rings is 1. The summed E-state index contributed by atoms with van der Waals surface area (Å²) in [6.07, 6.45) is 4.49. The lowest BCUT2D eigenvalue weighted by Gasteiger charge is -2.29. The lowest BCUT2D eigenvalue weighted by molar-refractivity contribution is 0.0683. The van der Waals surface area contributed by atoms with Crippen LogP contribution in [0.25, 0.3) is 0 Å². The summed E-state index contributed by atoms with van der Waals surface area (Å²) in [5, 5.41) is 13.7. The predicted octanol–water partition coefficient (Wildman–Crippen LogP) is 4.30. The quantitative estimate of drug-likeness (QED) is 0.866. The molecule has 0 radical (unpaired) electrons. The van der Waals surface area contributed by atoms with Gasteiger partial charge in [0.05, 0.1) is 16.8 Å². The monoisotopic (exact) mass is 267 g/mol. The van der Waals surface area contributed by atoms with E-state index in [4.69, 9.17) is 0 Å².